The molecule has 0 spiro atoms. The van der Waals surface area contributed by atoms with E-state index in [2.05, 4.69) is 12.1 Å². The molecule has 0 bridgehead atoms. The van der Waals surface area contributed by atoms with E-state index in [1.54, 1.807) is 0 Å². The van der Waals surface area contributed by atoms with Crippen LogP contribution in [0.5, 0.6) is 0 Å². The van der Waals surface area contributed by atoms with Crippen molar-refractivity contribution in [2.75, 3.05) is 6.61 Å². The van der Waals surface area contributed by atoms with Crippen LogP contribution in [-0.4, -0.2) is 22.6 Å². The van der Waals surface area contributed by atoms with Gasteiger partial charge in [-0.15, -0.1) is 0 Å². The van der Waals surface area contributed by atoms with Crippen LogP contribution in [0.1, 0.15) is 103 Å². The smallest absolute Gasteiger partial charge is 0.0570 e. The molecular weight excluding hydrogens is 262 g/mol. The second kappa shape index (κ2) is 17.5. The zero-order valence-corrected chi connectivity index (χ0v) is 14.2. The van der Waals surface area contributed by atoms with E-state index in [0.717, 1.165) is 31.4 Å². The molecule has 21 heavy (non-hydrogen) atoms. The van der Waals surface area contributed by atoms with Gasteiger partial charge in [-0.25, -0.2) is 0 Å². The van der Waals surface area contributed by atoms with Gasteiger partial charge in [-0.1, -0.05) is 76.3 Å². The first-order chi connectivity index (χ1) is 10.3. The lowest BCUT2D eigenvalue weighted by molar-refractivity contribution is 0.282. The van der Waals surface area contributed by atoms with Crippen LogP contribution in [0.4, 0.5) is 0 Å². The van der Waals surface area contributed by atoms with E-state index in [9.17, 15) is 0 Å². The highest BCUT2D eigenvalue weighted by Crippen LogP contribution is 2.12. The first-order valence-electron chi connectivity index (χ1n) is 9.15. The minimum atomic E-state index is 0.340. The molecule has 0 heterocycles. The second-order valence-electron chi connectivity index (χ2n) is 6.13. The maximum Gasteiger partial charge on any atom is 0.0570 e. The van der Waals surface area contributed by atoms with Crippen molar-refractivity contribution >= 4 is 5.71 Å². The van der Waals surface area contributed by atoms with Crippen LogP contribution in [0.3, 0.4) is 0 Å². The molecule has 0 radical (unpaired) electrons. The highest BCUT2D eigenvalue weighted by molar-refractivity contribution is 5.83. The second-order valence-corrected chi connectivity index (χ2v) is 6.13. The molecule has 3 heteroatoms. The summed E-state index contributed by atoms with van der Waals surface area (Å²) in [6, 6.07) is 0. The number of hydrogen-bond donors (Lipinski definition) is 2. The average Bonchev–Trinajstić information content (AvgIpc) is 2.51. The van der Waals surface area contributed by atoms with Crippen molar-refractivity contribution in [3.8, 4) is 0 Å². The molecule has 0 rings (SSSR count). The predicted octanol–water partition coefficient (Wildman–Crippen LogP) is 5.68. The highest BCUT2D eigenvalue weighted by Gasteiger charge is 2.01. The van der Waals surface area contributed by atoms with Crippen LogP contribution < -0.4 is 0 Å². The van der Waals surface area contributed by atoms with Crippen LogP contribution in [-0.2, 0) is 0 Å². The molecule has 3 nitrogen and oxygen atoms in total. The lowest BCUT2D eigenvalue weighted by Gasteiger charge is -2.05. The number of aliphatic hydroxyl groups excluding tert-OH is 1. The molecule has 0 aliphatic heterocycles. The Balaban J connectivity index is 3.28. The summed E-state index contributed by atoms with van der Waals surface area (Å²) in [5.74, 6) is 0. The van der Waals surface area contributed by atoms with Gasteiger partial charge in [0, 0.05) is 6.61 Å². The van der Waals surface area contributed by atoms with Crippen molar-refractivity contribution in [1.82, 2.24) is 0 Å². The molecule has 0 amide bonds. The van der Waals surface area contributed by atoms with Gasteiger partial charge in [0.1, 0.15) is 0 Å². The van der Waals surface area contributed by atoms with Gasteiger partial charge in [0.25, 0.3) is 0 Å². The van der Waals surface area contributed by atoms with Crippen molar-refractivity contribution in [2.45, 2.75) is 103 Å². The van der Waals surface area contributed by atoms with E-state index in [4.69, 9.17) is 10.3 Å². The van der Waals surface area contributed by atoms with Gasteiger partial charge in [0.2, 0.25) is 0 Å². The van der Waals surface area contributed by atoms with Gasteiger partial charge in [-0.05, 0) is 32.1 Å². The zero-order valence-electron chi connectivity index (χ0n) is 14.2. The van der Waals surface area contributed by atoms with Crippen molar-refractivity contribution in [2.24, 2.45) is 5.16 Å². The van der Waals surface area contributed by atoms with E-state index >= 15 is 0 Å². The number of oxime groups is 1. The molecule has 0 saturated heterocycles. The maximum absolute atomic E-state index is 9.00. The molecule has 126 valence electrons. The summed E-state index contributed by atoms with van der Waals surface area (Å²) in [4.78, 5) is 0. The standard InChI is InChI=1S/C18H37NO2/c1-2-3-4-12-15-18(19-21)16-13-10-8-6-5-7-9-11-14-17-20/h20-21H,2-17H2,1H3. The van der Waals surface area contributed by atoms with E-state index in [1.165, 1.54) is 70.6 Å². The fourth-order valence-corrected chi connectivity index (χ4v) is 2.66. The van der Waals surface area contributed by atoms with Gasteiger partial charge in [0.15, 0.2) is 0 Å². The van der Waals surface area contributed by atoms with Crippen molar-refractivity contribution in [3.05, 3.63) is 0 Å². The van der Waals surface area contributed by atoms with Crippen molar-refractivity contribution < 1.29 is 10.3 Å². The summed E-state index contributed by atoms with van der Waals surface area (Å²) in [5.41, 5.74) is 0.995. The maximum atomic E-state index is 9.00. The van der Waals surface area contributed by atoms with Gasteiger partial charge < -0.3 is 10.3 Å². The normalized spacial score (nSPS) is 12.0. The Morgan fingerprint density at radius 3 is 1.52 bits per heavy atom. The summed E-state index contributed by atoms with van der Waals surface area (Å²) in [5, 5.41) is 21.1. The summed E-state index contributed by atoms with van der Waals surface area (Å²) in [6.45, 7) is 2.56. The lowest BCUT2D eigenvalue weighted by Crippen LogP contribution is -1.99. The Bertz CT molecular complexity index is 229. The summed E-state index contributed by atoms with van der Waals surface area (Å²) in [7, 11) is 0. The molecule has 0 aliphatic rings. The van der Waals surface area contributed by atoms with Crippen LogP contribution in [0.25, 0.3) is 0 Å². The number of hydrogen-bond acceptors (Lipinski definition) is 3. The number of nitrogens with zero attached hydrogens (tertiary/aromatic N) is 1. The Labute approximate surface area is 131 Å². The predicted molar refractivity (Wildman–Crippen MR) is 91.2 cm³/mol. The first-order valence-corrected chi connectivity index (χ1v) is 9.15. The molecule has 0 atom stereocenters. The monoisotopic (exact) mass is 299 g/mol. The molecule has 0 unspecified atom stereocenters. The van der Waals surface area contributed by atoms with Gasteiger partial charge in [-0.3, -0.25) is 0 Å². The molecular formula is C18H37NO2. The van der Waals surface area contributed by atoms with Crippen LogP contribution in [0.15, 0.2) is 5.16 Å². The molecule has 0 fully saturated rings. The first kappa shape index (κ1) is 20.4. The van der Waals surface area contributed by atoms with Crippen LogP contribution in [0, 0.1) is 0 Å². The van der Waals surface area contributed by atoms with E-state index in [0.29, 0.717) is 6.61 Å². The van der Waals surface area contributed by atoms with Gasteiger partial charge >= 0.3 is 0 Å². The molecule has 0 saturated carbocycles. The number of rotatable bonds is 16. The van der Waals surface area contributed by atoms with Crippen molar-refractivity contribution in [3.63, 3.8) is 0 Å². The zero-order chi connectivity index (χ0) is 15.6. The Morgan fingerprint density at radius 1 is 0.667 bits per heavy atom. The fraction of sp³-hybridized carbons (Fsp3) is 0.944. The molecule has 0 aliphatic carbocycles. The largest absolute Gasteiger partial charge is 0.411 e. The highest BCUT2D eigenvalue weighted by atomic mass is 16.4. The molecule has 0 aromatic rings. The van der Waals surface area contributed by atoms with E-state index in [-0.39, 0.29) is 0 Å². The van der Waals surface area contributed by atoms with Crippen LogP contribution >= 0.6 is 0 Å². The number of aliphatic hydroxyl groups is 1. The molecule has 0 aromatic carbocycles. The van der Waals surface area contributed by atoms with Gasteiger partial charge in [-0.2, -0.15) is 0 Å². The number of unbranched alkanes of at least 4 members (excludes halogenated alkanes) is 11. The van der Waals surface area contributed by atoms with E-state index in [1.807, 2.05) is 0 Å². The third-order valence-electron chi connectivity index (χ3n) is 4.08. The third-order valence-corrected chi connectivity index (χ3v) is 4.08. The Kier molecular flexibility index (Phi) is 17.0. The topological polar surface area (TPSA) is 52.8 Å². The van der Waals surface area contributed by atoms with Gasteiger partial charge in [0.05, 0.1) is 5.71 Å². The summed E-state index contributed by atoms with van der Waals surface area (Å²) in [6.07, 6.45) is 18.0. The minimum absolute atomic E-state index is 0.340. The SMILES string of the molecule is CCCCCCC(CCCCCCCCCCCO)=NO. The Hall–Kier alpha value is -0.570. The third kappa shape index (κ3) is 15.6. The van der Waals surface area contributed by atoms with Crippen molar-refractivity contribution in [1.29, 1.82) is 0 Å². The molecule has 2 N–H and O–H groups in total. The summed E-state index contributed by atoms with van der Waals surface area (Å²) < 4.78 is 0. The Morgan fingerprint density at radius 2 is 1.10 bits per heavy atom. The summed E-state index contributed by atoms with van der Waals surface area (Å²) >= 11 is 0. The van der Waals surface area contributed by atoms with E-state index < -0.39 is 0 Å². The fourth-order valence-electron chi connectivity index (χ4n) is 2.66. The quantitative estimate of drug-likeness (QED) is 0.167. The molecule has 0 aromatic heterocycles. The minimum Gasteiger partial charge on any atom is -0.411 e. The lowest BCUT2D eigenvalue weighted by atomic mass is 10.0. The van der Waals surface area contributed by atoms with Crippen LogP contribution in [0.2, 0.25) is 0 Å². The average molecular weight is 299 g/mol.